The van der Waals surface area contributed by atoms with Crippen LogP contribution in [0.25, 0.3) is 0 Å². The monoisotopic (exact) mass is 697 g/mol. The Labute approximate surface area is 267 Å². The molecular weight excluding hydrogens is 636 g/mol. The van der Waals surface area contributed by atoms with Crippen molar-refractivity contribution in [3.05, 3.63) is 24.3 Å². The first-order chi connectivity index (χ1) is 18.3. The molecule has 6 nitrogen and oxygen atoms in total. The summed E-state index contributed by atoms with van der Waals surface area (Å²) in [7, 11) is 8.21. The number of halogens is 2. The number of likely N-dealkylation sites (N-methyl/N-ethyl adjacent to an activating group) is 2. The number of rotatable bonds is 21. The van der Waals surface area contributed by atoms with Gasteiger partial charge >= 0.3 is 11.9 Å². The van der Waals surface area contributed by atoms with Crippen LogP contribution in [0.3, 0.4) is 0 Å². The molecule has 0 saturated heterocycles. The third kappa shape index (κ3) is 39.4. The minimum absolute atomic E-state index is 0. The van der Waals surface area contributed by atoms with E-state index in [1.165, 1.54) is 89.3 Å². The molecule has 238 valence electrons. The Bertz CT molecular complexity index is 620. The third-order valence-electron chi connectivity index (χ3n) is 5.98. The average molecular weight is 700 g/mol. The zero-order valence-electron chi connectivity index (χ0n) is 27.3. The van der Waals surface area contributed by atoms with Crippen LogP contribution >= 0.6 is 15.9 Å². The number of carbonyl (C=O) groups excluding carboxylic acids is 2. The van der Waals surface area contributed by atoms with Crippen molar-refractivity contribution in [2.24, 2.45) is 0 Å². The lowest BCUT2D eigenvalue weighted by atomic mass is 10.1. The number of alkyl halides is 1. The van der Waals surface area contributed by atoms with Crippen molar-refractivity contribution in [2.75, 3.05) is 66.4 Å². The highest BCUT2D eigenvalue weighted by atomic mass is 79.9. The molecule has 0 radical (unpaired) electrons. The van der Waals surface area contributed by atoms with Crippen LogP contribution in [0, 0.1) is 6.58 Å². The van der Waals surface area contributed by atoms with Crippen molar-refractivity contribution in [1.29, 1.82) is 0 Å². The van der Waals surface area contributed by atoms with Gasteiger partial charge in [0.25, 0.3) is 0 Å². The van der Waals surface area contributed by atoms with Crippen LogP contribution in [0.1, 0.15) is 105 Å². The first kappa shape index (κ1) is 46.2. The van der Waals surface area contributed by atoms with E-state index < -0.39 is 5.97 Å². The molecule has 0 N–H and O–H groups in total. The van der Waals surface area contributed by atoms with E-state index in [1.54, 1.807) is 6.92 Å². The van der Waals surface area contributed by atoms with Crippen molar-refractivity contribution in [3.63, 3.8) is 0 Å². The molecule has 40 heavy (non-hydrogen) atoms. The molecular formula is C32H63Br2N2O4+. The van der Waals surface area contributed by atoms with Gasteiger partial charge in [-0.05, 0) is 40.3 Å². The first-order valence-corrected chi connectivity index (χ1v) is 16.1. The number of carbonyl (C=O) groups is 2. The van der Waals surface area contributed by atoms with E-state index >= 15 is 0 Å². The molecule has 0 heterocycles. The maximum atomic E-state index is 11.3. The zero-order valence-corrected chi connectivity index (χ0v) is 30.5. The number of hydrogen-bond acceptors (Lipinski definition) is 5. The standard InChI is InChI=1S/C16H32NO2.C8H17Br.C8H14NO2.BrH/c1-6-7-8-9-10-11-12-17(4,5)13-14-19-16(18)15(2)3;1-2-3-4-5-6-7-8-9;1-7(2)8(10)11-6-5-9(3)4;/h2,6-14H2,1,3-5H3;2-8H2,1H3;1H,5-6H2,2-4H3;1H/q+1;;+1;/p-1. The van der Waals surface area contributed by atoms with E-state index in [0.717, 1.165) is 24.1 Å². The van der Waals surface area contributed by atoms with Gasteiger partial charge in [-0.25, -0.2) is 4.79 Å². The molecule has 0 aliphatic carbocycles. The molecule has 0 spiro atoms. The molecule has 0 aromatic rings. The van der Waals surface area contributed by atoms with Crippen LogP contribution in [0.2, 0.25) is 0 Å². The number of unbranched alkanes of at least 4 members (excludes halogenated alkanes) is 10. The second-order valence-electron chi connectivity index (χ2n) is 11.1. The van der Waals surface area contributed by atoms with E-state index in [-0.39, 0.29) is 28.5 Å². The molecule has 0 atom stereocenters. The maximum absolute atomic E-state index is 11.3. The van der Waals surface area contributed by atoms with Gasteiger partial charge < -0.3 is 35.8 Å². The fourth-order valence-electron chi connectivity index (χ4n) is 3.25. The van der Waals surface area contributed by atoms with Crippen LogP contribution in [-0.4, -0.2) is 87.7 Å². The molecule has 0 fully saturated rings. The molecule has 0 aromatic carbocycles. The van der Waals surface area contributed by atoms with Crippen LogP contribution in [0.5, 0.6) is 0 Å². The van der Waals surface area contributed by atoms with E-state index in [1.807, 2.05) is 19.0 Å². The number of quaternary nitrogens is 1. The molecule has 0 aliphatic heterocycles. The second kappa shape index (κ2) is 32.7. The summed E-state index contributed by atoms with van der Waals surface area (Å²) in [5.41, 5.74) is 0.671. The average Bonchev–Trinajstić information content (AvgIpc) is 2.86. The molecule has 0 amide bonds. The SMILES string of the molecule is C=C(C)C(=O)OCC[N+](C)(C)CCCCCCCC.CCCCCCCCBr.[Br-].[CH+]=C(C)C(=O)OCCN(C)C. The van der Waals surface area contributed by atoms with Gasteiger partial charge in [0.2, 0.25) is 5.57 Å². The zero-order chi connectivity index (χ0) is 30.5. The number of nitrogens with zero attached hydrogens (tertiary/aromatic N) is 2. The Kier molecular flexibility index (Phi) is 37.8. The summed E-state index contributed by atoms with van der Waals surface area (Å²) in [6.45, 7) is 20.1. The van der Waals surface area contributed by atoms with E-state index in [2.05, 4.69) is 50.5 Å². The van der Waals surface area contributed by atoms with Crippen LogP contribution < -0.4 is 17.0 Å². The largest absolute Gasteiger partial charge is 1.00 e. The number of hydrogen-bond donors (Lipinski definition) is 0. The van der Waals surface area contributed by atoms with Gasteiger partial charge in [-0.1, -0.05) is 94.1 Å². The van der Waals surface area contributed by atoms with Crippen LogP contribution in [0.4, 0.5) is 0 Å². The highest BCUT2D eigenvalue weighted by Gasteiger charge is 2.16. The summed E-state index contributed by atoms with van der Waals surface area (Å²) in [4.78, 5) is 23.9. The van der Waals surface area contributed by atoms with Crippen molar-refractivity contribution in [2.45, 2.75) is 105 Å². The van der Waals surface area contributed by atoms with E-state index in [0.29, 0.717) is 18.8 Å². The maximum Gasteiger partial charge on any atom is 0.487 e. The van der Waals surface area contributed by atoms with Crippen molar-refractivity contribution < 1.29 is 40.5 Å². The summed E-state index contributed by atoms with van der Waals surface area (Å²) >= 11 is 3.42. The van der Waals surface area contributed by atoms with Crippen molar-refractivity contribution in [3.8, 4) is 0 Å². The van der Waals surface area contributed by atoms with Crippen LogP contribution in [-0.2, 0) is 19.1 Å². The summed E-state index contributed by atoms with van der Waals surface area (Å²) in [5, 5.41) is 1.18. The molecule has 8 heteroatoms. The minimum atomic E-state index is -0.424. The van der Waals surface area contributed by atoms with Gasteiger partial charge in [0.05, 0.1) is 27.2 Å². The van der Waals surface area contributed by atoms with E-state index in [9.17, 15) is 9.59 Å². The minimum Gasteiger partial charge on any atom is -1.00 e. The van der Waals surface area contributed by atoms with Gasteiger partial charge in [-0.15, -0.1) is 4.79 Å². The van der Waals surface area contributed by atoms with Gasteiger partial charge in [0, 0.05) is 24.4 Å². The number of esters is 2. The fraction of sp³-hybridized carbons (Fsp3) is 0.812. The predicted molar refractivity (Wildman–Crippen MR) is 171 cm³/mol. The molecule has 0 rings (SSSR count). The Balaban J connectivity index is -0.000000263. The van der Waals surface area contributed by atoms with E-state index in [4.69, 9.17) is 16.1 Å². The lowest BCUT2D eigenvalue weighted by Gasteiger charge is -2.29. The summed E-state index contributed by atoms with van der Waals surface area (Å²) in [5.74, 6) is -0.702. The fourth-order valence-corrected chi connectivity index (χ4v) is 3.65. The normalized spacial score (nSPS) is 10.3. The highest BCUT2D eigenvalue weighted by molar-refractivity contribution is 9.09. The highest BCUT2D eigenvalue weighted by Crippen LogP contribution is 2.08. The van der Waals surface area contributed by atoms with Gasteiger partial charge in [-0.2, -0.15) is 0 Å². The Hall–Kier alpha value is -0.790. The van der Waals surface area contributed by atoms with Gasteiger partial charge in [0.1, 0.15) is 19.8 Å². The van der Waals surface area contributed by atoms with Crippen molar-refractivity contribution >= 4 is 27.9 Å². The summed E-state index contributed by atoms with van der Waals surface area (Å²) < 4.78 is 10.8. The smallest absolute Gasteiger partial charge is 0.487 e. The van der Waals surface area contributed by atoms with Gasteiger partial charge in [-0.3, -0.25) is 0 Å². The van der Waals surface area contributed by atoms with Crippen molar-refractivity contribution in [1.82, 2.24) is 4.90 Å². The summed E-state index contributed by atoms with van der Waals surface area (Å²) in [6.07, 6.45) is 16.3. The molecule has 0 aliphatic rings. The Morgan fingerprint density at radius 3 is 1.65 bits per heavy atom. The molecule has 0 saturated carbocycles. The number of ether oxygens (including phenoxy) is 2. The quantitative estimate of drug-likeness (QED) is 0.0433. The predicted octanol–water partition coefficient (Wildman–Crippen LogP) is 4.76. The summed E-state index contributed by atoms with van der Waals surface area (Å²) in [6, 6.07) is 0. The lowest BCUT2D eigenvalue weighted by Crippen LogP contribution is -3.00. The van der Waals surface area contributed by atoms with Crippen LogP contribution in [0.15, 0.2) is 17.7 Å². The first-order valence-electron chi connectivity index (χ1n) is 15.0. The second-order valence-corrected chi connectivity index (χ2v) is 11.9. The topological polar surface area (TPSA) is 55.8 Å². The molecule has 0 aromatic heterocycles. The lowest BCUT2D eigenvalue weighted by molar-refractivity contribution is -0.890. The Morgan fingerprint density at radius 2 is 1.23 bits per heavy atom. The van der Waals surface area contributed by atoms with Gasteiger partial charge in [0.15, 0.2) is 0 Å². The Morgan fingerprint density at radius 1 is 0.775 bits per heavy atom. The molecule has 0 bridgehead atoms. The third-order valence-corrected chi connectivity index (χ3v) is 6.54. The molecule has 0 unspecified atom stereocenters.